The molecule has 2 heterocycles. The Morgan fingerprint density at radius 1 is 1.19 bits per heavy atom. The number of thiazole rings is 1. The number of allylic oxidation sites excluding steroid dienone is 2. The second-order valence-corrected chi connectivity index (χ2v) is 12.8. The van der Waals surface area contributed by atoms with Gasteiger partial charge in [0.2, 0.25) is 12.3 Å². The molecule has 4 rings (SSSR count). The molecule has 2 aliphatic rings. The fourth-order valence-corrected chi connectivity index (χ4v) is 6.58. The predicted octanol–water partition coefficient (Wildman–Crippen LogP) is 7.23. The van der Waals surface area contributed by atoms with Crippen molar-refractivity contribution >= 4 is 23.7 Å². The number of amides is 2. The molecule has 0 spiro atoms. The van der Waals surface area contributed by atoms with Gasteiger partial charge < -0.3 is 26.1 Å². The quantitative estimate of drug-likeness (QED) is 0.0615. The van der Waals surface area contributed by atoms with E-state index in [2.05, 4.69) is 35.9 Å². The number of carbonyl (C=O) groups is 2. The summed E-state index contributed by atoms with van der Waals surface area (Å²) in [5.74, 6) is 6.64. The molecule has 3 atom stereocenters. The molecule has 1 saturated carbocycles. The molecular formula is C37H62N6O3S. The number of hydrazine groups is 1. The second kappa shape index (κ2) is 24.0. The van der Waals surface area contributed by atoms with Gasteiger partial charge in [-0.05, 0) is 69.9 Å². The van der Waals surface area contributed by atoms with Crippen LogP contribution in [0.1, 0.15) is 116 Å². The minimum atomic E-state index is -0.406. The number of aromatic nitrogens is 1. The summed E-state index contributed by atoms with van der Waals surface area (Å²) in [5.41, 5.74) is 12.1. The lowest BCUT2D eigenvalue weighted by Crippen LogP contribution is -2.53. The molecule has 3 unspecified atom stereocenters. The maximum atomic E-state index is 13.1. The molecule has 1 aromatic carbocycles. The molecule has 10 heteroatoms. The fraction of sp³-hybridized carbons (Fsp3) is 0.595. The first-order valence-electron chi connectivity index (χ1n) is 17.4. The molecule has 2 fully saturated rings. The van der Waals surface area contributed by atoms with Gasteiger partial charge in [-0.25, -0.2) is 10.8 Å². The summed E-state index contributed by atoms with van der Waals surface area (Å²) in [4.78, 5) is 30.7. The molecule has 6 N–H and O–H groups in total. The van der Waals surface area contributed by atoms with Crippen LogP contribution >= 0.6 is 11.3 Å². The van der Waals surface area contributed by atoms with Crippen molar-refractivity contribution in [1.82, 2.24) is 20.2 Å². The third-order valence-electron chi connectivity index (χ3n) is 8.27. The van der Waals surface area contributed by atoms with Crippen molar-refractivity contribution in [3.05, 3.63) is 65.6 Å². The molecule has 1 saturated heterocycles. The van der Waals surface area contributed by atoms with Crippen LogP contribution in [0.3, 0.4) is 0 Å². The second-order valence-electron chi connectivity index (χ2n) is 12.0. The first-order valence-corrected chi connectivity index (χ1v) is 18.3. The van der Waals surface area contributed by atoms with E-state index in [-0.39, 0.29) is 23.9 Å². The minimum Gasteiger partial charge on any atom is -0.401 e. The number of aliphatic hydroxyl groups is 1. The molecule has 0 radical (unpaired) electrons. The average molecular weight is 671 g/mol. The third-order valence-corrected chi connectivity index (χ3v) is 9.24. The van der Waals surface area contributed by atoms with E-state index >= 15 is 0 Å². The average Bonchev–Trinajstić information content (AvgIpc) is 3.71. The summed E-state index contributed by atoms with van der Waals surface area (Å²) in [7, 11) is 0. The first kappa shape index (κ1) is 41.8. The van der Waals surface area contributed by atoms with E-state index in [9.17, 15) is 14.7 Å². The fourth-order valence-electron chi connectivity index (χ4n) is 5.77. The first-order chi connectivity index (χ1) is 22.7. The Hall–Kier alpha value is -3.21. The van der Waals surface area contributed by atoms with Gasteiger partial charge in [0.15, 0.2) is 0 Å². The highest BCUT2D eigenvalue weighted by atomic mass is 32.1. The smallest absolute Gasteiger partial charge is 0.247 e. The molecule has 1 aliphatic carbocycles. The lowest BCUT2D eigenvalue weighted by atomic mass is 9.83. The van der Waals surface area contributed by atoms with Gasteiger partial charge in [-0.15, -0.1) is 17.9 Å². The zero-order valence-electron chi connectivity index (χ0n) is 29.8. The van der Waals surface area contributed by atoms with E-state index < -0.39 is 6.10 Å². The van der Waals surface area contributed by atoms with Crippen molar-refractivity contribution in [3.8, 4) is 10.4 Å². The van der Waals surface area contributed by atoms with Crippen molar-refractivity contribution in [3.63, 3.8) is 0 Å². The molecule has 47 heavy (non-hydrogen) atoms. The van der Waals surface area contributed by atoms with Crippen LogP contribution in [0.15, 0.2) is 54.3 Å². The zero-order valence-corrected chi connectivity index (χ0v) is 30.6. The maximum absolute atomic E-state index is 13.1. The number of carbonyl (C=O) groups excluding carboxylic acids is 2. The Kier molecular flexibility index (Phi) is 21.4. The van der Waals surface area contributed by atoms with Crippen LogP contribution < -0.4 is 16.9 Å². The van der Waals surface area contributed by atoms with E-state index in [0.717, 1.165) is 74.7 Å². The molecule has 2 aromatic rings. The van der Waals surface area contributed by atoms with Crippen molar-refractivity contribution in [1.29, 1.82) is 0 Å². The van der Waals surface area contributed by atoms with Gasteiger partial charge in [0.05, 0.1) is 28.2 Å². The Bertz CT molecular complexity index is 1180. The van der Waals surface area contributed by atoms with Crippen molar-refractivity contribution in [2.24, 2.45) is 17.5 Å². The van der Waals surface area contributed by atoms with Gasteiger partial charge in [0.25, 0.3) is 0 Å². The number of rotatable bonds is 12. The summed E-state index contributed by atoms with van der Waals surface area (Å²) in [5, 5.41) is 14.1. The number of hydrogen-bond acceptors (Lipinski definition) is 8. The Balaban J connectivity index is 0.000000435. The topological polar surface area (TPSA) is 138 Å². The van der Waals surface area contributed by atoms with E-state index in [1.165, 1.54) is 16.9 Å². The van der Waals surface area contributed by atoms with Gasteiger partial charge in [-0.2, -0.15) is 0 Å². The highest BCUT2D eigenvalue weighted by Crippen LogP contribution is 2.31. The number of β-amino-alcohol motifs (C(OH)–C–C–N with tert-alkyl or cyclic N) is 1. The Morgan fingerprint density at radius 3 is 2.34 bits per heavy atom. The van der Waals surface area contributed by atoms with Gasteiger partial charge in [0.1, 0.15) is 6.04 Å². The number of aryl methyl sites for hydroxylation is 1. The van der Waals surface area contributed by atoms with E-state index in [1.54, 1.807) is 33.5 Å². The van der Waals surface area contributed by atoms with E-state index in [4.69, 9.17) is 11.6 Å². The summed E-state index contributed by atoms with van der Waals surface area (Å²) in [6.07, 6.45) is 14.3. The van der Waals surface area contributed by atoms with Crippen LogP contribution in [-0.4, -0.2) is 57.6 Å². The zero-order chi connectivity index (χ0) is 35.2. The molecule has 1 aromatic heterocycles. The van der Waals surface area contributed by atoms with Gasteiger partial charge in [-0.1, -0.05) is 83.2 Å². The highest BCUT2D eigenvalue weighted by Gasteiger charge is 2.37. The molecule has 264 valence electrons. The molecule has 0 bridgehead atoms. The van der Waals surface area contributed by atoms with Gasteiger partial charge >= 0.3 is 0 Å². The predicted molar refractivity (Wildman–Crippen MR) is 197 cm³/mol. The van der Waals surface area contributed by atoms with Crippen LogP contribution in [0.2, 0.25) is 0 Å². The van der Waals surface area contributed by atoms with Gasteiger partial charge in [-0.3, -0.25) is 9.59 Å². The number of aliphatic hydroxyl groups excluding tert-OH is 1. The third kappa shape index (κ3) is 14.6. The van der Waals surface area contributed by atoms with Crippen LogP contribution in [0.4, 0.5) is 0 Å². The number of nitrogens with one attached hydrogen (secondary N) is 1. The standard InChI is InChI=1S/C19H36N4O2.C13H14N2OS.C3H6.C2H6/c1-2-3-5-10-16(20)13-23(21)18(15-8-6-4-7-9-15)19(25)22-12-11-17(24)14-22;1-9(14-7-16)11-3-5-12(6-4-11)13-10(2)15-8-17-13;1-3-2;1-2/h13,15,17-18,24H,2-12,14,20-21H2,1H3;3-9H,1-2H3,(H,14,16);3H,1H2,2H3;1-2H3/b16-13-;;;. The Labute approximate surface area is 288 Å². The molecule has 2 amide bonds. The summed E-state index contributed by atoms with van der Waals surface area (Å²) in [6, 6.07) is 7.89. The van der Waals surface area contributed by atoms with Crippen molar-refractivity contribution in [2.75, 3.05) is 13.1 Å². The van der Waals surface area contributed by atoms with Crippen LogP contribution in [-0.2, 0) is 9.59 Å². The number of hydrogen-bond donors (Lipinski definition) is 4. The monoisotopic (exact) mass is 670 g/mol. The molecular weight excluding hydrogens is 609 g/mol. The minimum absolute atomic E-state index is 0.0450. The Morgan fingerprint density at radius 2 is 1.83 bits per heavy atom. The normalized spacial score (nSPS) is 17.4. The lowest BCUT2D eigenvalue weighted by molar-refractivity contribution is -0.138. The number of nitrogens with zero attached hydrogens (tertiary/aromatic N) is 3. The number of benzene rings is 1. The largest absolute Gasteiger partial charge is 0.401 e. The number of nitrogens with two attached hydrogens (primary N) is 2. The van der Waals surface area contributed by atoms with Crippen molar-refractivity contribution in [2.45, 2.75) is 124 Å². The van der Waals surface area contributed by atoms with Crippen LogP contribution in [0, 0.1) is 12.8 Å². The summed E-state index contributed by atoms with van der Waals surface area (Å²) >= 11 is 1.64. The van der Waals surface area contributed by atoms with E-state index in [1.807, 2.05) is 52.3 Å². The van der Waals surface area contributed by atoms with Crippen LogP contribution in [0.25, 0.3) is 10.4 Å². The lowest BCUT2D eigenvalue weighted by Gasteiger charge is -2.37. The highest BCUT2D eigenvalue weighted by molar-refractivity contribution is 7.13. The van der Waals surface area contributed by atoms with Gasteiger partial charge in [0, 0.05) is 25.0 Å². The SMILES string of the molecule is C=CC.CC.CCCCC/C(N)=C/N(N)C(C(=O)N1CCC(O)C1)C1CCCCC1.Cc1ncsc1-c1ccc(C(C)NC=O)cc1. The number of likely N-dealkylation sites (tertiary alicyclic amines) is 1. The summed E-state index contributed by atoms with van der Waals surface area (Å²) in [6.45, 7) is 16.4. The maximum Gasteiger partial charge on any atom is 0.247 e. The molecule has 9 nitrogen and oxygen atoms in total. The van der Waals surface area contributed by atoms with Crippen LogP contribution in [0.5, 0.6) is 0 Å². The van der Waals surface area contributed by atoms with Crippen molar-refractivity contribution < 1.29 is 14.7 Å². The number of unbranched alkanes of at least 4 members (excludes halogenated alkanes) is 2. The van der Waals surface area contributed by atoms with E-state index in [0.29, 0.717) is 19.5 Å². The molecule has 1 aliphatic heterocycles. The summed E-state index contributed by atoms with van der Waals surface area (Å²) < 4.78 is 0.